The Morgan fingerprint density at radius 3 is 2.33 bits per heavy atom. The Balaban J connectivity index is 1.84. The molecule has 0 atom stereocenters. The van der Waals surface area contributed by atoms with Crippen LogP contribution < -0.4 is 14.8 Å². The number of rotatable bonds is 9. The number of aryl methyl sites for hydroxylation is 1. The van der Waals surface area contributed by atoms with Crippen LogP contribution in [0.15, 0.2) is 42.5 Å². The average Bonchev–Trinajstić information content (AvgIpc) is 2.65. The number of ether oxygens (including phenoxy) is 2. The Morgan fingerprint density at radius 2 is 1.74 bits per heavy atom. The molecular weight excluding hydrogens is 342 g/mol. The van der Waals surface area contributed by atoms with Gasteiger partial charge in [0.2, 0.25) is 5.91 Å². The SMILES string of the molecule is CCOc1ccc(CCC(=O)NCc2ccc(C(C)(C)O)cc2)cc1OC. The Labute approximate surface area is 161 Å². The van der Waals surface area contributed by atoms with Gasteiger partial charge in [0.15, 0.2) is 11.5 Å². The number of benzene rings is 2. The highest BCUT2D eigenvalue weighted by molar-refractivity contribution is 5.76. The highest BCUT2D eigenvalue weighted by Crippen LogP contribution is 2.28. The third kappa shape index (κ3) is 6.29. The van der Waals surface area contributed by atoms with E-state index in [1.165, 1.54) is 0 Å². The van der Waals surface area contributed by atoms with Gasteiger partial charge in [0.05, 0.1) is 19.3 Å². The van der Waals surface area contributed by atoms with Crippen molar-refractivity contribution in [3.63, 3.8) is 0 Å². The van der Waals surface area contributed by atoms with Crippen LogP contribution in [0.1, 0.15) is 43.9 Å². The Kier molecular flexibility index (Phi) is 7.25. The first-order chi connectivity index (χ1) is 12.8. The summed E-state index contributed by atoms with van der Waals surface area (Å²) in [7, 11) is 1.61. The van der Waals surface area contributed by atoms with Crippen molar-refractivity contribution in [3.05, 3.63) is 59.2 Å². The van der Waals surface area contributed by atoms with Gasteiger partial charge >= 0.3 is 0 Å². The first-order valence-corrected chi connectivity index (χ1v) is 9.21. The zero-order valence-electron chi connectivity index (χ0n) is 16.5. The van der Waals surface area contributed by atoms with Crippen LogP contribution in [0.25, 0.3) is 0 Å². The Bertz CT molecular complexity index is 748. The van der Waals surface area contributed by atoms with Crippen LogP contribution in [0.4, 0.5) is 0 Å². The lowest BCUT2D eigenvalue weighted by atomic mass is 9.97. The summed E-state index contributed by atoms with van der Waals surface area (Å²) in [5.74, 6) is 1.39. The fraction of sp³-hybridized carbons (Fsp3) is 0.409. The van der Waals surface area contributed by atoms with Crippen LogP contribution in [0.3, 0.4) is 0 Å². The summed E-state index contributed by atoms with van der Waals surface area (Å²) in [5.41, 5.74) is 2.02. The molecule has 0 fully saturated rings. The minimum atomic E-state index is -0.861. The fourth-order valence-electron chi connectivity index (χ4n) is 2.72. The summed E-state index contributed by atoms with van der Waals surface area (Å²) < 4.78 is 10.8. The van der Waals surface area contributed by atoms with Gasteiger partial charge in [-0.05, 0) is 56.0 Å². The molecule has 2 N–H and O–H groups in total. The van der Waals surface area contributed by atoms with E-state index in [1.54, 1.807) is 21.0 Å². The highest BCUT2D eigenvalue weighted by atomic mass is 16.5. The summed E-state index contributed by atoms with van der Waals surface area (Å²) in [6.45, 7) is 6.47. The third-order valence-electron chi connectivity index (χ3n) is 4.32. The molecule has 2 rings (SSSR count). The number of hydrogen-bond acceptors (Lipinski definition) is 4. The number of aliphatic hydroxyl groups is 1. The van der Waals surface area contributed by atoms with Gasteiger partial charge in [-0.3, -0.25) is 4.79 Å². The summed E-state index contributed by atoms with van der Waals surface area (Å²) in [5, 5.41) is 12.9. The number of hydrogen-bond donors (Lipinski definition) is 2. The van der Waals surface area contributed by atoms with E-state index in [0.717, 1.165) is 16.7 Å². The van der Waals surface area contributed by atoms with Crippen molar-refractivity contribution in [2.45, 2.75) is 45.8 Å². The first kappa shape index (κ1) is 20.8. The van der Waals surface area contributed by atoms with E-state index in [-0.39, 0.29) is 5.91 Å². The van der Waals surface area contributed by atoms with Crippen molar-refractivity contribution in [3.8, 4) is 11.5 Å². The van der Waals surface area contributed by atoms with Crippen molar-refractivity contribution in [1.82, 2.24) is 5.32 Å². The molecule has 0 spiro atoms. The topological polar surface area (TPSA) is 67.8 Å². The van der Waals surface area contributed by atoms with Gasteiger partial charge < -0.3 is 19.9 Å². The third-order valence-corrected chi connectivity index (χ3v) is 4.32. The fourth-order valence-corrected chi connectivity index (χ4v) is 2.72. The largest absolute Gasteiger partial charge is 0.493 e. The molecular formula is C22H29NO4. The maximum atomic E-state index is 12.1. The van der Waals surface area contributed by atoms with Crippen molar-refractivity contribution in [2.75, 3.05) is 13.7 Å². The molecule has 0 aromatic heterocycles. The van der Waals surface area contributed by atoms with E-state index in [0.29, 0.717) is 37.5 Å². The molecule has 0 radical (unpaired) electrons. The molecule has 2 aromatic rings. The van der Waals surface area contributed by atoms with Crippen LogP contribution in [0.5, 0.6) is 11.5 Å². The van der Waals surface area contributed by atoms with Gasteiger partial charge in [-0.2, -0.15) is 0 Å². The lowest BCUT2D eigenvalue weighted by molar-refractivity contribution is -0.121. The minimum absolute atomic E-state index is 0.00517. The number of carbonyl (C=O) groups excluding carboxylic acids is 1. The standard InChI is InChI=1S/C22H29NO4/c1-5-27-19-12-8-16(14-20(19)26-4)9-13-21(24)23-15-17-6-10-18(11-7-17)22(2,3)25/h6-8,10-12,14,25H,5,9,13,15H2,1-4H3,(H,23,24). The predicted octanol–water partition coefficient (Wildman–Crippen LogP) is 3.57. The summed E-state index contributed by atoms with van der Waals surface area (Å²) in [4.78, 5) is 12.1. The number of carbonyl (C=O) groups is 1. The molecule has 5 heteroatoms. The highest BCUT2D eigenvalue weighted by Gasteiger charge is 2.15. The lowest BCUT2D eigenvalue weighted by Crippen LogP contribution is -2.23. The second-order valence-electron chi connectivity index (χ2n) is 6.95. The van der Waals surface area contributed by atoms with Crippen LogP contribution >= 0.6 is 0 Å². The summed E-state index contributed by atoms with van der Waals surface area (Å²) >= 11 is 0. The quantitative estimate of drug-likeness (QED) is 0.707. The number of amides is 1. The first-order valence-electron chi connectivity index (χ1n) is 9.21. The number of nitrogens with one attached hydrogen (secondary N) is 1. The molecule has 1 amide bonds. The van der Waals surface area contributed by atoms with Gasteiger partial charge in [-0.1, -0.05) is 30.3 Å². The van der Waals surface area contributed by atoms with Gasteiger partial charge in [-0.25, -0.2) is 0 Å². The molecule has 27 heavy (non-hydrogen) atoms. The zero-order chi connectivity index (χ0) is 19.9. The second kappa shape index (κ2) is 9.42. The second-order valence-corrected chi connectivity index (χ2v) is 6.95. The maximum Gasteiger partial charge on any atom is 0.220 e. The minimum Gasteiger partial charge on any atom is -0.493 e. The van der Waals surface area contributed by atoms with Gasteiger partial charge in [-0.15, -0.1) is 0 Å². The average molecular weight is 371 g/mol. The van der Waals surface area contributed by atoms with Crippen LogP contribution in [-0.4, -0.2) is 24.7 Å². The monoisotopic (exact) mass is 371 g/mol. The van der Waals surface area contributed by atoms with Gasteiger partial charge in [0.1, 0.15) is 0 Å². The van der Waals surface area contributed by atoms with Gasteiger partial charge in [0.25, 0.3) is 0 Å². The molecule has 0 unspecified atom stereocenters. The number of methoxy groups -OCH3 is 1. The van der Waals surface area contributed by atoms with Crippen molar-refractivity contribution >= 4 is 5.91 Å². The smallest absolute Gasteiger partial charge is 0.220 e. The molecule has 2 aromatic carbocycles. The lowest BCUT2D eigenvalue weighted by Gasteiger charge is -2.18. The van der Waals surface area contributed by atoms with E-state index < -0.39 is 5.60 Å². The van der Waals surface area contributed by atoms with E-state index in [9.17, 15) is 9.90 Å². The van der Waals surface area contributed by atoms with Crippen LogP contribution in [0.2, 0.25) is 0 Å². The molecule has 5 nitrogen and oxygen atoms in total. The molecule has 0 aliphatic heterocycles. The Morgan fingerprint density at radius 1 is 1.07 bits per heavy atom. The molecule has 0 heterocycles. The van der Waals surface area contributed by atoms with E-state index in [2.05, 4.69) is 5.32 Å². The molecule has 0 saturated heterocycles. The van der Waals surface area contributed by atoms with Crippen LogP contribution in [0, 0.1) is 0 Å². The summed E-state index contributed by atoms with van der Waals surface area (Å²) in [6.07, 6.45) is 1.03. The molecule has 0 aliphatic rings. The van der Waals surface area contributed by atoms with E-state index in [1.807, 2.05) is 49.4 Å². The van der Waals surface area contributed by atoms with Crippen molar-refractivity contribution in [2.24, 2.45) is 0 Å². The normalized spacial score (nSPS) is 11.1. The van der Waals surface area contributed by atoms with Crippen LogP contribution in [-0.2, 0) is 23.4 Å². The zero-order valence-corrected chi connectivity index (χ0v) is 16.5. The van der Waals surface area contributed by atoms with Gasteiger partial charge in [0, 0.05) is 13.0 Å². The Hall–Kier alpha value is -2.53. The predicted molar refractivity (Wildman–Crippen MR) is 106 cm³/mol. The van der Waals surface area contributed by atoms with Crippen molar-refractivity contribution in [1.29, 1.82) is 0 Å². The molecule has 0 saturated carbocycles. The molecule has 0 aliphatic carbocycles. The molecule has 0 bridgehead atoms. The molecule has 146 valence electrons. The van der Waals surface area contributed by atoms with Crippen molar-refractivity contribution < 1.29 is 19.4 Å². The maximum absolute atomic E-state index is 12.1. The van der Waals surface area contributed by atoms with E-state index in [4.69, 9.17) is 9.47 Å². The van der Waals surface area contributed by atoms with E-state index >= 15 is 0 Å². The summed E-state index contributed by atoms with van der Waals surface area (Å²) in [6, 6.07) is 13.3.